The van der Waals surface area contributed by atoms with E-state index in [1.54, 1.807) is 0 Å². The Hall–Kier alpha value is -5.60. The molecule has 2 heteroatoms. The van der Waals surface area contributed by atoms with Crippen molar-refractivity contribution in [2.75, 3.05) is 0 Å². The smallest absolute Gasteiger partial charge is 0.0626 e. The topological polar surface area (TPSA) is 9.34 Å². The third kappa shape index (κ3) is 2.78. The second-order valence-corrected chi connectivity index (χ2v) is 11.4. The molecule has 0 N–H and O–H groups in total. The molecule has 194 valence electrons. The molecule has 0 unspecified atom stereocenters. The van der Waals surface area contributed by atoms with E-state index in [2.05, 4.69) is 155 Å². The average Bonchev–Trinajstić information content (AvgIpc) is 3.69. The van der Waals surface area contributed by atoms with Gasteiger partial charge < -0.3 is 8.97 Å². The van der Waals surface area contributed by atoms with Gasteiger partial charge in [0.1, 0.15) is 0 Å². The van der Waals surface area contributed by atoms with Crippen LogP contribution in [0.25, 0.3) is 87.5 Å². The van der Waals surface area contributed by atoms with Crippen LogP contribution >= 0.6 is 0 Å². The molecule has 0 aliphatic rings. The minimum Gasteiger partial charge on any atom is -0.309 e. The lowest BCUT2D eigenvalue weighted by Gasteiger charge is -2.08. The molecule has 7 aromatic carbocycles. The molecule has 0 aliphatic heterocycles. The van der Waals surface area contributed by atoms with E-state index in [1.165, 1.54) is 87.5 Å². The Morgan fingerprint density at radius 3 is 1.74 bits per heavy atom. The predicted octanol–water partition coefficient (Wildman–Crippen LogP) is 10.8. The summed E-state index contributed by atoms with van der Waals surface area (Å²) in [6.45, 7) is 0. The van der Waals surface area contributed by atoms with Gasteiger partial charge in [-0.25, -0.2) is 0 Å². The molecular formula is C40H24N2. The first-order chi connectivity index (χ1) is 20.8. The number of hydrogen-bond acceptors (Lipinski definition) is 0. The van der Waals surface area contributed by atoms with Crippen LogP contribution in [0, 0.1) is 0 Å². The number of nitrogens with zero attached hydrogens (tertiary/aromatic N) is 2. The number of para-hydroxylation sites is 3. The standard InChI is InChI=1S/C40H24N2/c1-2-11-28(12-3-1)41-35-16-8-6-14-30(35)32-22-25(18-20-37(32)41)26-19-21-38-33(23-26)34-24-27-10-4-5-13-29(27)39-31-15-7-9-17-36(31)42(38)40(34)39/h1-24H. The lowest BCUT2D eigenvalue weighted by molar-refractivity contribution is 1.18. The summed E-state index contributed by atoms with van der Waals surface area (Å²) < 4.78 is 4.85. The molecule has 0 amide bonds. The normalized spacial score (nSPS) is 12.3. The maximum Gasteiger partial charge on any atom is 0.0626 e. The van der Waals surface area contributed by atoms with Crippen LogP contribution in [0.15, 0.2) is 146 Å². The molecule has 42 heavy (non-hydrogen) atoms. The van der Waals surface area contributed by atoms with Gasteiger partial charge in [0.25, 0.3) is 0 Å². The molecule has 10 rings (SSSR count). The van der Waals surface area contributed by atoms with Gasteiger partial charge in [0.15, 0.2) is 0 Å². The fourth-order valence-corrected chi connectivity index (χ4v) is 7.43. The molecule has 10 aromatic rings. The van der Waals surface area contributed by atoms with Crippen LogP contribution in [0.4, 0.5) is 0 Å². The summed E-state index contributed by atoms with van der Waals surface area (Å²) in [6, 6.07) is 53.4. The Morgan fingerprint density at radius 1 is 0.357 bits per heavy atom. The van der Waals surface area contributed by atoms with Crippen LogP contribution in [0.3, 0.4) is 0 Å². The summed E-state index contributed by atoms with van der Waals surface area (Å²) in [5.74, 6) is 0. The molecule has 0 saturated carbocycles. The van der Waals surface area contributed by atoms with E-state index < -0.39 is 0 Å². The van der Waals surface area contributed by atoms with E-state index in [4.69, 9.17) is 0 Å². The number of rotatable bonds is 2. The van der Waals surface area contributed by atoms with Crippen molar-refractivity contribution < 1.29 is 0 Å². The highest BCUT2D eigenvalue weighted by atomic mass is 15.0. The monoisotopic (exact) mass is 532 g/mol. The van der Waals surface area contributed by atoms with Crippen LogP contribution in [0.1, 0.15) is 0 Å². The molecule has 0 saturated heterocycles. The fraction of sp³-hybridized carbons (Fsp3) is 0. The van der Waals surface area contributed by atoms with Crippen molar-refractivity contribution in [3.8, 4) is 16.8 Å². The summed E-state index contributed by atoms with van der Waals surface area (Å²) >= 11 is 0. The third-order valence-electron chi connectivity index (χ3n) is 9.21. The molecule has 2 nitrogen and oxygen atoms in total. The number of benzene rings is 7. The van der Waals surface area contributed by atoms with Crippen molar-refractivity contribution in [1.29, 1.82) is 0 Å². The fourth-order valence-electron chi connectivity index (χ4n) is 7.43. The molecule has 0 spiro atoms. The average molecular weight is 533 g/mol. The largest absolute Gasteiger partial charge is 0.309 e. The Morgan fingerprint density at radius 2 is 0.929 bits per heavy atom. The van der Waals surface area contributed by atoms with Crippen molar-refractivity contribution in [2.45, 2.75) is 0 Å². The SMILES string of the molecule is c1ccc(-n2c3ccccc3c3cc(-c4ccc5c(c4)c4cc6ccccc6c6c7ccccc7n5c46)ccc32)cc1. The van der Waals surface area contributed by atoms with Crippen molar-refractivity contribution in [3.05, 3.63) is 146 Å². The van der Waals surface area contributed by atoms with Crippen molar-refractivity contribution in [1.82, 2.24) is 8.97 Å². The Kier molecular flexibility index (Phi) is 4.21. The molecule has 0 fully saturated rings. The lowest BCUT2D eigenvalue weighted by Crippen LogP contribution is -1.92. The first-order valence-corrected chi connectivity index (χ1v) is 14.5. The van der Waals surface area contributed by atoms with Gasteiger partial charge in [0.05, 0.1) is 27.6 Å². The van der Waals surface area contributed by atoms with Crippen molar-refractivity contribution in [3.63, 3.8) is 0 Å². The van der Waals surface area contributed by atoms with E-state index in [9.17, 15) is 0 Å². The summed E-state index contributed by atoms with van der Waals surface area (Å²) in [5, 5.41) is 10.5. The van der Waals surface area contributed by atoms with E-state index in [1.807, 2.05) is 0 Å². The van der Waals surface area contributed by atoms with Crippen molar-refractivity contribution in [2.24, 2.45) is 0 Å². The van der Waals surface area contributed by atoms with E-state index in [0.29, 0.717) is 0 Å². The molecule has 0 atom stereocenters. The molecule has 3 heterocycles. The molecule has 0 aliphatic carbocycles. The van der Waals surface area contributed by atoms with Gasteiger partial charge in [-0.2, -0.15) is 0 Å². The van der Waals surface area contributed by atoms with E-state index >= 15 is 0 Å². The lowest BCUT2D eigenvalue weighted by atomic mass is 9.98. The summed E-state index contributed by atoms with van der Waals surface area (Å²) in [7, 11) is 0. The zero-order valence-electron chi connectivity index (χ0n) is 22.8. The summed E-state index contributed by atoms with van der Waals surface area (Å²) in [5.41, 5.74) is 9.97. The Balaban J connectivity index is 1.27. The first kappa shape index (κ1) is 22.1. The zero-order valence-corrected chi connectivity index (χ0v) is 22.8. The van der Waals surface area contributed by atoms with Gasteiger partial charge in [-0.05, 0) is 76.5 Å². The number of fused-ring (bicyclic) bond motifs is 11. The van der Waals surface area contributed by atoms with Gasteiger partial charge in [-0.3, -0.25) is 0 Å². The number of hydrogen-bond donors (Lipinski definition) is 0. The minimum atomic E-state index is 1.18. The zero-order chi connectivity index (χ0) is 27.4. The number of aromatic nitrogens is 2. The van der Waals surface area contributed by atoms with Gasteiger partial charge in [-0.15, -0.1) is 0 Å². The molecule has 0 radical (unpaired) electrons. The summed E-state index contributed by atoms with van der Waals surface area (Å²) in [6.07, 6.45) is 0. The van der Waals surface area contributed by atoms with Crippen molar-refractivity contribution >= 4 is 70.7 Å². The molecule has 0 bridgehead atoms. The Bertz CT molecular complexity index is 2670. The van der Waals surface area contributed by atoms with Crippen LogP contribution < -0.4 is 0 Å². The van der Waals surface area contributed by atoms with Crippen LogP contribution in [0.2, 0.25) is 0 Å². The quantitative estimate of drug-likeness (QED) is 0.209. The molecular weight excluding hydrogens is 508 g/mol. The van der Waals surface area contributed by atoms with Crippen LogP contribution in [0.5, 0.6) is 0 Å². The summed E-state index contributed by atoms with van der Waals surface area (Å²) in [4.78, 5) is 0. The first-order valence-electron chi connectivity index (χ1n) is 14.5. The van der Waals surface area contributed by atoms with E-state index in [0.717, 1.165) is 0 Å². The van der Waals surface area contributed by atoms with Crippen LogP contribution in [-0.4, -0.2) is 8.97 Å². The highest BCUT2D eigenvalue weighted by Crippen LogP contribution is 2.44. The second kappa shape index (κ2) is 7.99. The highest BCUT2D eigenvalue weighted by molar-refractivity contribution is 6.31. The maximum atomic E-state index is 2.47. The third-order valence-corrected chi connectivity index (χ3v) is 9.21. The van der Waals surface area contributed by atoms with E-state index in [-0.39, 0.29) is 0 Å². The van der Waals surface area contributed by atoms with Gasteiger partial charge in [0, 0.05) is 38.0 Å². The second-order valence-electron chi connectivity index (χ2n) is 11.4. The molecule has 3 aromatic heterocycles. The minimum absolute atomic E-state index is 1.18. The van der Waals surface area contributed by atoms with Gasteiger partial charge in [-0.1, -0.05) is 91.0 Å². The van der Waals surface area contributed by atoms with Gasteiger partial charge in [0.2, 0.25) is 0 Å². The van der Waals surface area contributed by atoms with Gasteiger partial charge >= 0.3 is 0 Å². The highest BCUT2D eigenvalue weighted by Gasteiger charge is 2.20. The van der Waals surface area contributed by atoms with Crippen LogP contribution in [-0.2, 0) is 0 Å². The maximum absolute atomic E-state index is 2.47. The Labute approximate surface area is 241 Å². The predicted molar refractivity (Wildman–Crippen MR) is 178 cm³/mol.